The number of aryl methyl sites for hydroxylation is 1. The molecule has 2 aromatic heterocycles. The van der Waals surface area contributed by atoms with Crippen LogP contribution in [0.15, 0.2) is 77.5 Å². The van der Waals surface area contributed by atoms with Crippen molar-refractivity contribution in [1.29, 1.82) is 0 Å². The second kappa shape index (κ2) is 9.89. The third-order valence-corrected chi connectivity index (χ3v) is 6.11. The monoisotopic (exact) mass is 467 g/mol. The predicted molar refractivity (Wildman–Crippen MR) is 131 cm³/mol. The van der Waals surface area contributed by atoms with Gasteiger partial charge in [-0.05, 0) is 68.3 Å². The second-order valence-electron chi connectivity index (χ2n) is 8.64. The number of rotatable bonds is 5. The minimum atomic E-state index is -0.134. The van der Waals surface area contributed by atoms with Crippen molar-refractivity contribution in [3.8, 4) is 22.9 Å². The fourth-order valence-electron chi connectivity index (χ4n) is 4.17. The van der Waals surface area contributed by atoms with Gasteiger partial charge in [-0.15, -0.1) is 10.2 Å². The van der Waals surface area contributed by atoms with Crippen molar-refractivity contribution in [2.45, 2.75) is 25.8 Å². The highest BCUT2D eigenvalue weighted by molar-refractivity contribution is 5.95. The standard InChI is InChI=1S/C27H25N5O3/c1-18-4-2-5-21(16-18)26-31-30-25(35-26)19-7-9-20(10-8-19)27(34)32-14-11-23(12-15-32)29-24(33)22-6-3-13-28-17-22/h2-10,13,16-17,23H,11-12,14-15H2,1H3,(H,29,33). The van der Waals surface area contributed by atoms with Crippen LogP contribution >= 0.6 is 0 Å². The fraction of sp³-hybridized carbons (Fsp3) is 0.222. The molecule has 1 fully saturated rings. The van der Waals surface area contributed by atoms with Crippen molar-refractivity contribution in [2.75, 3.05) is 13.1 Å². The molecule has 3 heterocycles. The Morgan fingerprint density at radius 1 is 0.914 bits per heavy atom. The van der Waals surface area contributed by atoms with Gasteiger partial charge in [0.2, 0.25) is 11.8 Å². The zero-order chi connectivity index (χ0) is 24.2. The summed E-state index contributed by atoms with van der Waals surface area (Å²) in [5.74, 6) is 0.706. The van der Waals surface area contributed by atoms with Crippen LogP contribution in [0.4, 0.5) is 0 Å². The highest BCUT2D eigenvalue weighted by Gasteiger charge is 2.25. The molecule has 8 nitrogen and oxygen atoms in total. The maximum atomic E-state index is 13.0. The van der Waals surface area contributed by atoms with E-state index >= 15 is 0 Å². The van der Waals surface area contributed by atoms with Crippen molar-refractivity contribution >= 4 is 11.8 Å². The molecule has 1 aliphatic heterocycles. The molecule has 0 unspecified atom stereocenters. The molecular weight excluding hydrogens is 442 g/mol. The summed E-state index contributed by atoms with van der Waals surface area (Å²) < 4.78 is 5.85. The normalized spacial score (nSPS) is 14.0. The van der Waals surface area contributed by atoms with Gasteiger partial charge < -0.3 is 14.6 Å². The second-order valence-corrected chi connectivity index (χ2v) is 8.64. The van der Waals surface area contributed by atoms with E-state index in [4.69, 9.17) is 4.42 Å². The summed E-state index contributed by atoms with van der Waals surface area (Å²) in [5, 5.41) is 11.4. The smallest absolute Gasteiger partial charge is 0.253 e. The van der Waals surface area contributed by atoms with Crippen LogP contribution in [0.25, 0.3) is 22.9 Å². The highest BCUT2D eigenvalue weighted by Crippen LogP contribution is 2.25. The van der Waals surface area contributed by atoms with Crippen molar-refractivity contribution < 1.29 is 14.0 Å². The van der Waals surface area contributed by atoms with E-state index in [-0.39, 0.29) is 17.9 Å². The number of carbonyl (C=O) groups excluding carboxylic acids is 2. The van der Waals surface area contributed by atoms with Gasteiger partial charge in [-0.1, -0.05) is 17.7 Å². The largest absolute Gasteiger partial charge is 0.416 e. The summed E-state index contributed by atoms with van der Waals surface area (Å²) >= 11 is 0. The number of likely N-dealkylation sites (tertiary alicyclic amines) is 1. The SMILES string of the molecule is Cc1cccc(-c2nnc(-c3ccc(C(=O)N4CCC(NC(=O)c5cccnc5)CC4)cc3)o2)c1. The molecule has 2 amide bonds. The summed E-state index contributed by atoms with van der Waals surface area (Å²) in [6.07, 6.45) is 4.60. The summed E-state index contributed by atoms with van der Waals surface area (Å²) in [6, 6.07) is 18.6. The van der Waals surface area contributed by atoms with Crippen molar-refractivity contribution in [1.82, 2.24) is 25.4 Å². The van der Waals surface area contributed by atoms with Crippen LogP contribution < -0.4 is 5.32 Å². The van der Waals surface area contributed by atoms with Crippen molar-refractivity contribution in [3.63, 3.8) is 0 Å². The summed E-state index contributed by atoms with van der Waals surface area (Å²) in [5.41, 5.74) is 3.88. The quantitative estimate of drug-likeness (QED) is 0.473. The van der Waals surface area contributed by atoms with Crippen molar-refractivity contribution in [3.05, 3.63) is 89.7 Å². The van der Waals surface area contributed by atoms with Crippen LogP contribution in [0, 0.1) is 6.92 Å². The minimum absolute atomic E-state index is 0.0282. The van der Waals surface area contributed by atoms with E-state index in [1.54, 1.807) is 36.7 Å². The molecular formula is C27H25N5O3. The molecule has 2 aromatic carbocycles. The number of benzene rings is 2. The third-order valence-electron chi connectivity index (χ3n) is 6.11. The molecule has 0 saturated carbocycles. The first-order valence-corrected chi connectivity index (χ1v) is 11.6. The van der Waals surface area contributed by atoms with E-state index in [0.29, 0.717) is 48.8 Å². The number of piperidine rings is 1. The first-order valence-electron chi connectivity index (χ1n) is 11.6. The van der Waals surface area contributed by atoms with E-state index in [2.05, 4.69) is 20.5 Å². The Kier molecular flexibility index (Phi) is 6.34. The van der Waals surface area contributed by atoms with Gasteiger partial charge in [0.15, 0.2) is 0 Å². The van der Waals surface area contributed by atoms with Crippen LogP contribution in [0.1, 0.15) is 39.1 Å². The Labute approximate surface area is 203 Å². The number of amides is 2. The number of pyridine rings is 1. The molecule has 176 valence electrons. The lowest BCUT2D eigenvalue weighted by Gasteiger charge is -2.32. The topological polar surface area (TPSA) is 101 Å². The van der Waals surface area contributed by atoms with Crippen LogP contribution in [0.5, 0.6) is 0 Å². The number of nitrogens with one attached hydrogen (secondary N) is 1. The summed E-state index contributed by atoms with van der Waals surface area (Å²) in [4.78, 5) is 31.2. The van der Waals surface area contributed by atoms with Gasteiger partial charge >= 0.3 is 0 Å². The first kappa shape index (κ1) is 22.5. The first-order chi connectivity index (χ1) is 17.1. The zero-order valence-corrected chi connectivity index (χ0v) is 19.3. The highest BCUT2D eigenvalue weighted by atomic mass is 16.4. The molecule has 0 spiro atoms. The molecule has 1 N–H and O–H groups in total. The van der Waals surface area contributed by atoms with Gasteiger partial charge in [0, 0.05) is 48.2 Å². The number of hydrogen-bond acceptors (Lipinski definition) is 6. The number of carbonyl (C=O) groups is 2. The molecule has 0 radical (unpaired) electrons. The van der Waals surface area contributed by atoms with Gasteiger partial charge in [-0.3, -0.25) is 14.6 Å². The van der Waals surface area contributed by atoms with Crippen LogP contribution in [0.3, 0.4) is 0 Å². The van der Waals surface area contributed by atoms with Gasteiger partial charge in [0.25, 0.3) is 11.8 Å². The number of aromatic nitrogens is 3. The average Bonchev–Trinajstić information content (AvgIpc) is 3.40. The molecule has 1 saturated heterocycles. The lowest BCUT2D eigenvalue weighted by atomic mass is 10.0. The zero-order valence-electron chi connectivity index (χ0n) is 19.3. The van der Waals surface area contributed by atoms with Crippen molar-refractivity contribution in [2.24, 2.45) is 0 Å². The van der Waals surface area contributed by atoms with E-state index in [0.717, 1.165) is 16.7 Å². The summed E-state index contributed by atoms with van der Waals surface area (Å²) in [7, 11) is 0. The van der Waals surface area contributed by atoms with Crippen LogP contribution in [-0.2, 0) is 0 Å². The Bertz CT molecular complexity index is 1330. The van der Waals surface area contributed by atoms with Crippen LogP contribution in [0.2, 0.25) is 0 Å². The molecule has 0 atom stereocenters. The molecule has 0 aliphatic carbocycles. The minimum Gasteiger partial charge on any atom is -0.416 e. The number of nitrogens with zero attached hydrogens (tertiary/aromatic N) is 4. The molecule has 35 heavy (non-hydrogen) atoms. The van der Waals surface area contributed by atoms with Gasteiger partial charge in [-0.25, -0.2) is 0 Å². The molecule has 5 rings (SSSR count). The lowest BCUT2D eigenvalue weighted by Crippen LogP contribution is -2.46. The third kappa shape index (κ3) is 5.11. The van der Waals surface area contributed by atoms with Gasteiger partial charge in [0.1, 0.15) is 0 Å². The van der Waals surface area contributed by atoms with E-state index in [1.807, 2.05) is 48.2 Å². The fourth-order valence-corrected chi connectivity index (χ4v) is 4.17. The molecule has 8 heteroatoms. The molecule has 4 aromatic rings. The maximum Gasteiger partial charge on any atom is 0.253 e. The Morgan fingerprint density at radius 3 is 2.34 bits per heavy atom. The Balaban J connectivity index is 1.18. The number of hydrogen-bond donors (Lipinski definition) is 1. The van der Waals surface area contributed by atoms with Gasteiger partial charge in [0.05, 0.1) is 5.56 Å². The average molecular weight is 468 g/mol. The Morgan fingerprint density at radius 2 is 1.66 bits per heavy atom. The molecule has 0 bridgehead atoms. The van der Waals surface area contributed by atoms with Gasteiger partial charge in [-0.2, -0.15) is 0 Å². The molecule has 1 aliphatic rings. The van der Waals surface area contributed by atoms with Crippen LogP contribution in [-0.4, -0.2) is 51.0 Å². The predicted octanol–water partition coefficient (Wildman–Crippen LogP) is 4.14. The van der Waals surface area contributed by atoms with E-state index in [1.165, 1.54) is 0 Å². The summed E-state index contributed by atoms with van der Waals surface area (Å²) in [6.45, 7) is 3.18. The van der Waals surface area contributed by atoms with E-state index < -0.39 is 0 Å². The van der Waals surface area contributed by atoms with E-state index in [9.17, 15) is 9.59 Å². The lowest BCUT2D eigenvalue weighted by molar-refractivity contribution is 0.0698. The Hall–Kier alpha value is -4.33. The maximum absolute atomic E-state index is 13.0.